The molecule has 0 saturated heterocycles. The summed E-state index contributed by atoms with van der Waals surface area (Å²) in [6.45, 7) is 7.31. The normalized spacial score (nSPS) is 23.0. The van der Waals surface area contributed by atoms with E-state index in [9.17, 15) is 9.18 Å². The third-order valence-electron chi connectivity index (χ3n) is 5.28. The van der Waals surface area contributed by atoms with E-state index in [1.807, 2.05) is 39.8 Å². The molecule has 0 spiro atoms. The summed E-state index contributed by atoms with van der Waals surface area (Å²) in [5.74, 6) is -0.425. The maximum atomic E-state index is 13.9. The molecule has 1 aromatic carbocycles. The van der Waals surface area contributed by atoms with Crippen molar-refractivity contribution >= 4 is 30.7 Å². The van der Waals surface area contributed by atoms with E-state index in [-0.39, 0.29) is 42.6 Å². The molecule has 0 aliphatic heterocycles. The molecule has 27 heavy (non-hydrogen) atoms. The summed E-state index contributed by atoms with van der Waals surface area (Å²) in [5, 5.41) is 2.90. The second-order valence-corrected chi connectivity index (χ2v) is 7.69. The Balaban J connectivity index is 0.00000338. The topological polar surface area (TPSA) is 67.6 Å². The molecule has 5 nitrogen and oxygen atoms in total. The first-order valence-electron chi connectivity index (χ1n) is 8.72. The molecule has 8 heteroatoms. The quantitative estimate of drug-likeness (QED) is 0.707. The second-order valence-electron chi connectivity index (χ2n) is 7.69. The highest BCUT2D eigenvalue weighted by molar-refractivity contribution is 5.88. The van der Waals surface area contributed by atoms with Crippen LogP contribution in [0.25, 0.3) is 0 Å². The van der Waals surface area contributed by atoms with Crippen LogP contribution in [0.1, 0.15) is 38.3 Å². The van der Waals surface area contributed by atoms with Gasteiger partial charge in [-0.05, 0) is 38.7 Å². The van der Waals surface area contributed by atoms with Crippen LogP contribution in [0.5, 0.6) is 0 Å². The molecule has 0 bridgehead atoms. The summed E-state index contributed by atoms with van der Waals surface area (Å²) < 4.78 is 19.5. The van der Waals surface area contributed by atoms with E-state index in [0.717, 1.165) is 5.56 Å². The van der Waals surface area contributed by atoms with Crippen molar-refractivity contribution < 1.29 is 13.9 Å². The Bertz CT molecular complexity index is 643. The highest BCUT2D eigenvalue weighted by atomic mass is 35.5. The number of carbonyl (C=O) groups is 1. The Hall–Kier alpha value is -0.920. The standard InChI is InChI=1S/C19H30FN3O2.2ClH/c1-6-25-16-10-19(21,18(16,2)3)17(24)22-11-13-7-8-15(20)14(9-13)12-23(4)5;;/h7-9,16H,6,10-12,21H2,1-5H3,(H,22,24);2*1H. The molecule has 1 amide bonds. The zero-order valence-electron chi connectivity index (χ0n) is 16.7. The van der Waals surface area contributed by atoms with Gasteiger partial charge in [0.05, 0.1) is 6.10 Å². The van der Waals surface area contributed by atoms with Crippen LogP contribution in [0.2, 0.25) is 0 Å². The van der Waals surface area contributed by atoms with Crippen LogP contribution in [0.4, 0.5) is 4.39 Å². The predicted molar refractivity (Wildman–Crippen MR) is 111 cm³/mol. The van der Waals surface area contributed by atoms with Gasteiger partial charge in [-0.3, -0.25) is 4.79 Å². The molecule has 156 valence electrons. The highest BCUT2D eigenvalue weighted by Crippen LogP contribution is 2.49. The average Bonchev–Trinajstić information content (AvgIpc) is 2.54. The van der Waals surface area contributed by atoms with Gasteiger partial charge in [0.25, 0.3) is 0 Å². The van der Waals surface area contributed by atoms with Gasteiger partial charge in [-0.1, -0.05) is 19.9 Å². The van der Waals surface area contributed by atoms with Gasteiger partial charge in [0.2, 0.25) is 5.91 Å². The number of ether oxygens (including phenoxy) is 1. The van der Waals surface area contributed by atoms with Gasteiger partial charge in [0.15, 0.2) is 0 Å². The fourth-order valence-electron chi connectivity index (χ4n) is 3.36. The molecule has 1 fully saturated rings. The number of amides is 1. The lowest BCUT2D eigenvalue weighted by Gasteiger charge is -2.57. The van der Waals surface area contributed by atoms with Crippen LogP contribution < -0.4 is 11.1 Å². The number of hydrogen-bond donors (Lipinski definition) is 2. The minimum atomic E-state index is -0.945. The number of nitrogens with one attached hydrogen (secondary N) is 1. The molecule has 0 aromatic heterocycles. The van der Waals surface area contributed by atoms with Gasteiger partial charge in [-0.25, -0.2) is 4.39 Å². The number of halogens is 3. The smallest absolute Gasteiger partial charge is 0.241 e. The van der Waals surface area contributed by atoms with Crippen molar-refractivity contribution in [3.05, 3.63) is 35.1 Å². The van der Waals surface area contributed by atoms with E-state index in [0.29, 0.717) is 31.7 Å². The van der Waals surface area contributed by atoms with Crippen molar-refractivity contribution in [2.45, 2.75) is 51.9 Å². The SMILES string of the molecule is CCOC1CC(N)(C(=O)NCc2ccc(F)c(CN(C)C)c2)C1(C)C.Cl.Cl. The van der Waals surface area contributed by atoms with Crippen molar-refractivity contribution in [3.8, 4) is 0 Å². The number of benzene rings is 1. The molecular weight excluding hydrogens is 392 g/mol. The fraction of sp³-hybridized carbons (Fsp3) is 0.632. The van der Waals surface area contributed by atoms with Gasteiger partial charge in [-0.15, -0.1) is 24.8 Å². The van der Waals surface area contributed by atoms with Crippen molar-refractivity contribution in [1.82, 2.24) is 10.2 Å². The van der Waals surface area contributed by atoms with Gasteiger partial charge in [0, 0.05) is 37.1 Å². The molecule has 1 aromatic rings. The van der Waals surface area contributed by atoms with Crippen LogP contribution in [0, 0.1) is 11.2 Å². The first-order chi connectivity index (χ1) is 11.6. The minimum Gasteiger partial charge on any atom is -0.378 e. The summed E-state index contributed by atoms with van der Waals surface area (Å²) in [6, 6.07) is 4.91. The maximum absolute atomic E-state index is 13.9. The largest absolute Gasteiger partial charge is 0.378 e. The van der Waals surface area contributed by atoms with E-state index in [4.69, 9.17) is 10.5 Å². The van der Waals surface area contributed by atoms with E-state index < -0.39 is 11.0 Å². The molecule has 0 radical (unpaired) electrons. The Morgan fingerprint density at radius 3 is 2.52 bits per heavy atom. The van der Waals surface area contributed by atoms with Crippen LogP contribution in [-0.2, 0) is 22.6 Å². The number of hydrogen-bond acceptors (Lipinski definition) is 4. The molecule has 1 aliphatic carbocycles. The molecule has 1 aliphatic rings. The molecule has 2 rings (SSSR count). The van der Waals surface area contributed by atoms with Crippen molar-refractivity contribution in [1.29, 1.82) is 0 Å². The zero-order chi connectivity index (χ0) is 18.8. The van der Waals surface area contributed by atoms with Crippen LogP contribution in [-0.4, -0.2) is 43.2 Å². The van der Waals surface area contributed by atoms with Gasteiger partial charge in [-0.2, -0.15) is 0 Å². The summed E-state index contributed by atoms with van der Waals surface area (Å²) in [4.78, 5) is 14.5. The van der Waals surface area contributed by atoms with Crippen molar-refractivity contribution in [2.75, 3.05) is 20.7 Å². The predicted octanol–water partition coefficient (Wildman–Crippen LogP) is 2.88. The summed E-state index contributed by atoms with van der Waals surface area (Å²) in [5.41, 5.74) is 6.47. The third-order valence-corrected chi connectivity index (χ3v) is 5.28. The van der Waals surface area contributed by atoms with Gasteiger partial charge < -0.3 is 20.7 Å². The molecule has 0 heterocycles. The maximum Gasteiger partial charge on any atom is 0.241 e. The summed E-state index contributed by atoms with van der Waals surface area (Å²) >= 11 is 0. The van der Waals surface area contributed by atoms with Gasteiger partial charge >= 0.3 is 0 Å². The van der Waals surface area contributed by atoms with Crippen LogP contribution >= 0.6 is 24.8 Å². The number of rotatable bonds is 7. The molecule has 3 N–H and O–H groups in total. The van der Waals surface area contributed by atoms with Crippen molar-refractivity contribution in [3.63, 3.8) is 0 Å². The Morgan fingerprint density at radius 2 is 2.00 bits per heavy atom. The molecule has 2 atom stereocenters. The lowest BCUT2D eigenvalue weighted by molar-refractivity contribution is -0.170. The Labute approximate surface area is 174 Å². The Kier molecular flexibility index (Phi) is 9.69. The van der Waals surface area contributed by atoms with Crippen LogP contribution in [0.3, 0.4) is 0 Å². The first-order valence-corrected chi connectivity index (χ1v) is 8.72. The molecular formula is C19H32Cl2FN3O2. The zero-order valence-corrected chi connectivity index (χ0v) is 18.3. The van der Waals surface area contributed by atoms with E-state index in [1.165, 1.54) is 6.07 Å². The molecule has 2 unspecified atom stereocenters. The number of nitrogens with two attached hydrogens (primary N) is 1. The summed E-state index contributed by atoms with van der Waals surface area (Å²) in [6.07, 6.45) is 0.500. The third kappa shape index (κ3) is 5.33. The monoisotopic (exact) mass is 423 g/mol. The molecule has 1 saturated carbocycles. The fourth-order valence-corrected chi connectivity index (χ4v) is 3.36. The highest BCUT2D eigenvalue weighted by Gasteiger charge is 2.62. The lowest BCUT2D eigenvalue weighted by atomic mass is 9.54. The summed E-state index contributed by atoms with van der Waals surface area (Å²) in [7, 11) is 3.78. The Morgan fingerprint density at radius 1 is 1.37 bits per heavy atom. The van der Waals surface area contributed by atoms with Crippen molar-refractivity contribution in [2.24, 2.45) is 11.1 Å². The average molecular weight is 424 g/mol. The second kappa shape index (κ2) is 10.0. The number of nitrogens with zero attached hydrogens (tertiary/aromatic N) is 1. The van der Waals surface area contributed by atoms with Gasteiger partial charge in [0.1, 0.15) is 11.4 Å². The first kappa shape index (κ1) is 26.1. The van der Waals surface area contributed by atoms with E-state index in [2.05, 4.69) is 5.32 Å². The van der Waals surface area contributed by atoms with Crippen LogP contribution in [0.15, 0.2) is 18.2 Å². The minimum absolute atomic E-state index is 0. The van der Waals surface area contributed by atoms with E-state index >= 15 is 0 Å². The lowest BCUT2D eigenvalue weighted by Crippen LogP contribution is -2.75. The number of carbonyl (C=O) groups excluding carboxylic acids is 1. The van der Waals surface area contributed by atoms with E-state index in [1.54, 1.807) is 12.1 Å².